The Balaban J connectivity index is 1.70. The highest BCUT2D eigenvalue weighted by molar-refractivity contribution is 6.10. The normalized spacial score (nSPS) is 11.8. The summed E-state index contributed by atoms with van der Waals surface area (Å²) in [6.07, 6.45) is 3.50. The van der Waals surface area contributed by atoms with E-state index in [-0.39, 0.29) is 12.5 Å². The van der Waals surface area contributed by atoms with Crippen molar-refractivity contribution >= 4 is 28.5 Å². The summed E-state index contributed by atoms with van der Waals surface area (Å²) in [6, 6.07) is 14.6. The summed E-state index contributed by atoms with van der Waals surface area (Å²) in [5.74, 6) is -0.242. The molecule has 2 aromatic carbocycles. The van der Waals surface area contributed by atoms with Crippen LogP contribution in [-0.4, -0.2) is 44.5 Å². The van der Waals surface area contributed by atoms with Gasteiger partial charge in [-0.3, -0.25) is 9.48 Å². The van der Waals surface area contributed by atoms with Crippen LogP contribution in [0.3, 0.4) is 0 Å². The van der Waals surface area contributed by atoms with Gasteiger partial charge in [-0.1, -0.05) is 37.3 Å². The summed E-state index contributed by atoms with van der Waals surface area (Å²) < 4.78 is 1.69. The zero-order valence-corrected chi connectivity index (χ0v) is 20.6. The fraction of sp³-hybridized carbons (Fsp3) is 0.259. The minimum Gasteiger partial charge on any atom is -0.391 e. The molecule has 0 saturated carbocycles. The highest BCUT2D eigenvalue weighted by Gasteiger charge is 2.20. The Bertz CT molecular complexity index is 1380. The lowest BCUT2D eigenvalue weighted by Crippen LogP contribution is -2.35. The van der Waals surface area contributed by atoms with E-state index >= 15 is 0 Å². The number of benzene rings is 2. The number of aliphatic hydroxyl groups excluding tert-OH is 1. The van der Waals surface area contributed by atoms with Gasteiger partial charge in [-0.15, -0.1) is 0 Å². The number of nitrogens with zero attached hydrogens (tertiary/aromatic N) is 3. The Morgan fingerprint density at radius 2 is 1.89 bits per heavy atom. The molecule has 4 N–H and O–H groups in total. The molecular formula is C27H30N6O3. The Kier molecular flexibility index (Phi) is 7.60. The highest BCUT2D eigenvalue weighted by Crippen LogP contribution is 2.31. The van der Waals surface area contributed by atoms with Crippen molar-refractivity contribution in [3.63, 3.8) is 0 Å². The number of nitrogens with one attached hydrogen (secondary N) is 3. The molecule has 0 spiro atoms. The van der Waals surface area contributed by atoms with Gasteiger partial charge in [-0.2, -0.15) is 5.10 Å². The van der Waals surface area contributed by atoms with Crippen LogP contribution in [0.25, 0.3) is 22.2 Å². The lowest BCUT2D eigenvalue weighted by molar-refractivity contribution is 0.0952. The second-order valence-corrected chi connectivity index (χ2v) is 8.66. The summed E-state index contributed by atoms with van der Waals surface area (Å²) in [6.45, 7) is 4.20. The zero-order chi connectivity index (χ0) is 25.7. The van der Waals surface area contributed by atoms with Crippen LogP contribution in [-0.2, 0) is 13.6 Å². The van der Waals surface area contributed by atoms with E-state index in [1.54, 1.807) is 29.1 Å². The lowest BCUT2D eigenvalue weighted by Gasteiger charge is -2.16. The summed E-state index contributed by atoms with van der Waals surface area (Å²) >= 11 is 0. The van der Waals surface area contributed by atoms with Crippen molar-refractivity contribution in [2.75, 3.05) is 11.9 Å². The third kappa shape index (κ3) is 5.69. The van der Waals surface area contributed by atoms with Crippen LogP contribution in [0.1, 0.15) is 34.8 Å². The maximum absolute atomic E-state index is 13.5. The quantitative estimate of drug-likeness (QED) is 0.302. The fourth-order valence-electron chi connectivity index (χ4n) is 3.97. The Morgan fingerprint density at radius 3 is 2.58 bits per heavy atom. The van der Waals surface area contributed by atoms with Gasteiger partial charge in [0.25, 0.3) is 5.91 Å². The molecular weight excluding hydrogens is 456 g/mol. The van der Waals surface area contributed by atoms with Gasteiger partial charge >= 0.3 is 6.03 Å². The van der Waals surface area contributed by atoms with Crippen molar-refractivity contribution in [3.05, 3.63) is 77.6 Å². The van der Waals surface area contributed by atoms with E-state index in [0.717, 1.165) is 22.4 Å². The van der Waals surface area contributed by atoms with Crippen LogP contribution >= 0.6 is 0 Å². The molecule has 0 aliphatic heterocycles. The van der Waals surface area contributed by atoms with Crippen molar-refractivity contribution in [1.82, 2.24) is 25.4 Å². The molecule has 3 amide bonds. The van der Waals surface area contributed by atoms with Gasteiger partial charge in [0, 0.05) is 48.5 Å². The highest BCUT2D eigenvalue weighted by atomic mass is 16.3. The number of carbonyl (C=O) groups excluding carboxylic acids is 2. The van der Waals surface area contributed by atoms with Crippen LogP contribution in [0.5, 0.6) is 0 Å². The minimum absolute atomic E-state index is 0.152. The smallest absolute Gasteiger partial charge is 0.319 e. The number of hydrogen-bond acceptors (Lipinski definition) is 5. The molecule has 0 aliphatic carbocycles. The molecule has 0 radical (unpaired) electrons. The number of carbonyl (C=O) groups is 2. The van der Waals surface area contributed by atoms with Gasteiger partial charge in [-0.25, -0.2) is 9.78 Å². The fourth-order valence-corrected chi connectivity index (χ4v) is 3.97. The molecule has 1 unspecified atom stereocenters. The number of urea groups is 1. The number of aliphatic hydroxyl groups is 1. The van der Waals surface area contributed by atoms with Crippen LogP contribution in [0.2, 0.25) is 0 Å². The number of anilines is 1. The number of rotatable bonds is 8. The molecule has 2 heterocycles. The van der Waals surface area contributed by atoms with E-state index in [1.165, 1.54) is 0 Å². The van der Waals surface area contributed by atoms with Crippen molar-refractivity contribution in [2.45, 2.75) is 32.9 Å². The van der Waals surface area contributed by atoms with Crippen molar-refractivity contribution in [1.29, 1.82) is 0 Å². The van der Waals surface area contributed by atoms with Gasteiger partial charge in [-0.05, 0) is 37.1 Å². The first kappa shape index (κ1) is 24.9. The molecule has 4 rings (SSSR count). The summed E-state index contributed by atoms with van der Waals surface area (Å²) in [4.78, 5) is 30.7. The van der Waals surface area contributed by atoms with E-state index < -0.39 is 12.1 Å². The van der Waals surface area contributed by atoms with Gasteiger partial charge in [0.15, 0.2) is 0 Å². The number of pyridine rings is 1. The molecule has 186 valence electrons. The second kappa shape index (κ2) is 11.0. The maximum atomic E-state index is 13.5. The molecule has 36 heavy (non-hydrogen) atoms. The summed E-state index contributed by atoms with van der Waals surface area (Å²) in [7, 11) is 1.83. The third-order valence-electron chi connectivity index (χ3n) is 5.94. The third-order valence-corrected chi connectivity index (χ3v) is 5.94. The average Bonchev–Trinajstić information content (AvgIpc) is 3.31. The van der Waals surface area contributed by atoms with E-state index in [0.29, 0.717) is 35.1 Å². The predicted octanol–water partition coefficient (Wildman–Crippen LogP) is 3.77. The molecule has 9 heteroatoms. The van der Waals surface area contributed by atoms with Crippen LogP contribution in [0.4, 0.5) is 10.5 Å². The molecule has 1 atom stereocenters. The molecule has 0 bridgehead atoms. The molecule has 9 nitrogen and oxygen atoms in total. The van der Waals surface area contributed by atoms with Crippen LogP contribution in [0.15, 0.2) is 60.9 Å². The SMILES string of the molecule is CCC(O)CNC(=O)Nc1ccc2nc(-c3ccccc3)c(C)c(C(=O)NCc3cnn(C)c3)c2c1. The molecule has 2 aromatic heterocycles. The number of fused-ring (bicyclic) bond motifs is 1. The topological polar surface area (TPSA) is 121 Å². The second-order valence-electron chi connectivity index (χ2n) is 8.66. The molecule has 0 saturated heterocycles. The lowest BCUT2D eigenvalue weighted by atomic mass is 9.96. The van der Waals surface area contributed by atoms with E-state index in [9.17, 15) is 14.7 Å². The minimum atomic E-state index is -0.606. The van der Waals surface area contributed by atoms with Crippen LogP contribution in [0, 0.1) is 6.92 Å². The standard InChI is InChI=1S/C27H30N6O3/c1-4-21(34)15-29-27(36)31-20-10-11-23-22(12-20)24(26(35)28-13-18-14-30-33(3)16-18)17(2)25(32-23)19-8-6-5-7-9-19/h5-12,14,16,21,34H,4,13,15H2,1-3H3,(H,28,35)(H2,29,31,36). The molecule has 0 aliphatic rings. The molecule has 0 fully saturated rings. The maximum Gasteiger partial charge on any atom is 0.319 e. The first-order valence-electron chi connectivity index (χ1n) is 11.8. The largest absolute Gasteiger partial charge is 0.391 e. The summed E-state index contributed by atoms with van der Waals surface area (Å²) in [5, 5.41) is 22.9. The average molecular weight is 487 g/mol. The number of aryl methyl sites for hydroxylation is 1. The number of amides is 3. The number of hydrogen-bond donors (Lipinski definition) is 4. The van der Waals surface area contributed by atoms with Crippen LogP contribution < -0.4 is 16.0 Å². The van der Waals surface area contributed by atoms with E-state index in [4.69, 9.17) is 4.98 Å². The van der Waals surface area contributed by atoms with Crippen molar-refractivity contribution in [3.8, 4) is 11.3 Å². The van der Waals surface area contributed by atoms with Crippen molar-refractivity contribution in [2.24, 2.45) is 7.05 Å². The Hall–Kier alpha value is -4.24. The van der Waals surface area contributed by atoms with Gasteiger partial charge in [0.05, 0.1) is 29.1 Å². The van der Waals surface area contributed by atoms with Gasteiger partial charge in [0.2, 0.25) is 0 Å². The van der Waals surface area contributed by atoms with E-state index in [2.05, 4.69) is 21.0 Å². The Labute approximate surface area is 209 Å². The van der Waals surface area contributed by atoms with E-state index in [1.807, 2.05) is 57.4 Å². The monoisotopic (exact) mass is 486 g/mol. The molecule has 4 aromatic rings. The summed E-state index contributed by atoms with van der Waals surface area (Å²) in [5.41, 5.74) is 4.91. The van der Waals surface area contributed by atoms with Crippen molar-refractivity contribution < 1.29 is 14.7 Å². The number of aromatic nitrogens is 3. The zero-order valence-electron chi connectivity index (χ0n) is 20.6. The predicted molar refractivity (Wildman–Crippen MR) is 140 cm³/mol. The Morgan fingerprint density at radius 1 is 1.11 bits per heavy atom. The van der Waals surface area contributed by atoms with Gasteiger partial charge < -0.3 is 21.1 Å². The first-order valence-corrected chi connectivity index (χ1v) is 11.8. The first-order chi connectivity index (χ1) is 17.4. The van der Waals surface area contributed by atoms with Gasteiger partial charge in [0.1, 0.15) is 0 Å².